The summed E-state index contributed by atoms with van der Waals surface area (Å²) >= 11 is 0. The lowest BCUT2D eigenvalue weighted by atomic mass is 10.8. The number of sulfonamides is 1. The highest BCUT2D eigenvalue weighted by Gasteiger charge is 2.14. The fourth-order valence-corrected chi connectivity index (χ4v) is 1.46. The summed E-state index contributed by atoms with van der Waals surface area (Å²) in [7, 11) is -2.32. The highest BCUT2D eigenvalue weighted by molar-refractivity contribution is 7.90. The van der Waals surface area contributed by atoms with Gasteiger partial charge in [-0.1, -0.05) is 6.92 Å². The third kappa shape index (κ3) is 4.74. The van der Waals surface area contributed by atoms with Crippen molar-refractivity contribution in [1.82, 2.24) is 4.72 Å². The molecule has 0 aromatic carbocycles. The van der Waals surface area contributed by atoms with Gasteiger partial charge in [0.2, 0.25) is 10.0 Å². The first kappa shape index (κ1) is 10.4. The summed E-state index contributed by atoms with van der Waals surface area (Å²) in [6.45, 7) is 1.91. The molecule has 0 aromatic rings. The maximum Gasteiger partial charge on any atom is 0.322 e. The Morgan fingerprint density at radius 3 is 2.45 bits per heavy atom. The number of ether oxygens (including phenoxy) is 1. The maximum absolute atomic E-state index is 10.8. The SMILES string of the molecule is CCNS(=O)(=O)CC(=O)OC. The van der Waals surface area contributed by atoms with E-state index in [1.165, 1.54) is 0 Å². The van der Waals surface area contributed by atoms with E-state index in [4.69, 9.17) is 0 Å². The first-order chi connectivity index (χ1) is 5.02. The highest BCUT2D eigenvalue weighted by Crippen LogP contribution is 1.85. The molecule has 1 N–H and O–H groups in total. The Labute approximate surface area is 65.8 Å². The van der Waals surface area contributed by atoms with Gasteiger partial charge in [0.1, 0.15) is 0 Å². The third-order valence-corrected chi connectivity index (χ3v) is 2.24. The molecule has 0 heterocycles. The van der Waals surface area contributed by atoms with Gasteiger partial charge in [0, 0.05) is 6.54 Å². The largest absolute Gasteiger partial charge is 0.468 e. The van der Waals surface area contributed by atoms with E-state index in [0.29, 0.717) is 0 Å². The van der Waals surface area contributed by atoms with Gasteiger partial charge in [-0.05, 0) is 0 Å². The Bertz CT molecular complexity index is 221. The lowest BCUT2D eigenvalue weighted by molar-refractivity contribution is -0.137. The topological polar surface area (TPSA) is 72.5 Å². The van der Waals surface area contributed by atoms with Crippen LogP contribution in [-0.4, -0.2) is 33.8 Å². The molecule has 0 aliphatic heterocycles. The molecule has 0 bridgehead atoms. The van der Waals surface area contributed by atoms with E-state index in [0.717, 1.165) is 7.11 Å². The summed E-state index contributed by atoms with van der Waals surface area (Å²) in [5.41, 5.74) is 0. The van der Waals surface area contributed by atoms with Gasteiger partial charge in [0.15, 0.2) is 5.75 Å². The van der Waals surface area contributed by atoms with Gasteiger partial charge in [-0.3, -0.25) is 4.79 Å². The molecule has 0 aromatic heterocycles. The van der Waals surface area contributed by atoms with Crippen LogP contribution in [0.4, 0.5) is 0 Å². The molecule has 11 heavy (non-hydrogen) atoms. The zero-order valence-corrected chi connectivity index (χ0v) is 7.27. The van der Waals surface area contributed by atoms with Gasteiger partial charge in [0.05, 0.1) is 7.11 Å². The molecule has 0 amide bonds. The summed E-state index contributed by atoms with van der Waals surface area (Å²) in [6, 6.07) is 0. The molecule has 0 spiro atoms. The van der Waals surface area contributed by atoms with Crippen LogP contribution in [0.5, 0.6) is 0 Å². The van der Waals surface area contributed by atoms with E-state index >= 15 is 0 Å². The minimum absolute atomic E-state index is 0.277. The van der Waals surface area contributed by atoms with Crippen molar-refractivity contribution in [3.05, 3.63) is 0 Å². The third-order valence-electron chi connectivity index (χ3n) is 0.900. The van der Waals surface area contributed by atoms with Crippen molar-refractivity contribution in [1.29, 1.82) is 0 Å². The molecule has 66 valence electrons. The van der Waals surface area contributed by atoms with Crippen LogP contribution in [0.1, 0.15) is 6.92 Å². The molecular formula is C5H11NO4S. The number of hydrogen-bond acceptors (Lipinski definition) is 4. The van der Waals surface area contributed by atoms with Crippen LogP contribution >= 0.6 is 0 Å². The standard InChI is InChI=1S/C5H11NO4S/c1-3-6-11(8,9)4-5(7)10-2/h6H,3-4H2,1-2H3. The first-order valence-corrected chi connectivity index (χ1v) is 4.71. The lowest BCUT2D eigenvalue weighted by Gasteiger charge is -2.01. The molecule has 0 aliphatic carbocycles. The van der Waals surface area contributed by atoms with E-state index in [1.54, 1.807) is 6.92 Å². The summed E-state index contributed by atoms with van der Waals surface area (Å²) in [5, 5.41) is 0. The van der Waals surface area contributed by atoms with Crippen LogP contribution in [0, 0.1) is 0 Å². The van der Waals surface area contributed by atoms with Crippen LogP contribution < -0.4 is 4.72 Å². The van der Waals surface area contributed by atoms with Crippen molar-refractivity contribution in [2.75, 3.05) is 19.4 Å². The molecule has 0 radical (unpaired) electrons. The first-order valence-electron chi connectivity index (χ1n) is 3.06. The van der Waals surface area contributed by atoms with Gasteiger partial charge in [0.25, 0.3) is 0 Å². The predicted molar refractivity (Wildman–Crippen MR) is 39.5 cm³/mol. The minimum Gasteiger partial charge on any atom is -0.468 e. The van der Waals surface area contributed by atoms with Gasteiger partial charge < -0.3 is 4.74 Å². The molecule has 0 fully saturated rings. The zero-order valence-electron chi connectivity index (χ0n) is 6.46. The fraction of sp³-hybridized carbons (Fsp3) is 0.800. The van der Waals surface area contributed by atoms with Crippen molar-refractivity contribution < 1.29 is 17.9 Å². The second-order valence-electron chi connectivity index (χ2n) is 1.83. The van der Waals surface area contributed by atoms with E-state index in [9.17, 15) is 13.2 Å². The van der Waals surface area contributed by atoms with E-state index in [2.05, 4.69) is 9.46 Å². The normalized spacial score (nSPS) is 11.1. The number of esters is 1. The molecule has 0 atom stereocenters. The summed E-state index contributed by atoms with van der Waals surface area (Å²) < 4.78 is 27.9. The van der Waals surface area contributed by atoms with Crippen molar-refractivity contribution >= 4 is 16.0 Å². The highest BCUT2D eigenvalue weighted by atomic mass is 32.2. The second kappa shape index (κ2) is 4.30. The number of methoxy groups -OCH3 is 1. The van der Waals surface area contributed by atoms with Crippen LogP contribution in [0.15, 0.2) is 0 Å². The van der Waals surface area contributed by atoms with E-state index in [1.807, 2.05) is 0 Å². The van der Waals surface area contributed by atoms with Crippen LogP contribution in [0.3, 0.4) is 0 Å². The molecule has 0 unspecified atom stereocenters. The molecule has 0 aliphatic rings. The zero-order chi connectivity index (χ0) is 8.91. The fourth-order valence-electron chi connectivity index (χ4n) is 0.485. The minimum atomic E-state index is -3.47. The summed E-state index contributed by atoms with van der Waals surface area (Å²) in [4.78, 5) is 10.5. The van der Waals surface area contributed by atoms with E-state index < -0.39 is 21.7 Å². The average molecular weight is 181 g/mol. The van der Waals surface area contributed by atoms with Crippen molar-refractivity contribution in [2.45, 2.75) is 6.92 Å². The second-order valence-corrected chi connectivity index (χ2v) is 3.64. The van der Waals surface area contributed by atoms with Crippen molar-refractivity contribution in [3.63, 3.8) is 0 Å². The van der Waals surface area contributed by atoms with Gasteiger partial charge in [-0.15, -0.1) is 0 Å². The molecule has 5 nitrogen and oxygen atoms in total. The van der Waals surface area contributed by atoms with Crippen LogP contribution in [0.25, 0.3) is 0 Å². The molecular weight excluding hydrogens is 170 g/mol. The van der Waals surface area contributed by atoms with Crippen molar-refractivity contribution in [3.8, 4) is 0 Å². The number of hydrogen-bond donors (Lipinski definition) is 1. The molecule has 6 heteroatoms. The quantitative estimate of drug-likeness (QED) is 0.570. The number of nitrogens with one attached hydrogen (secondary N) is 1. The van der Waals surface area contributed by atoms with Crippen molar-refractivity contribution in [2.24, 2.45) is 0 Å². The van der Waals surface area contributed by atoms with Crippen LogP contribution in [-0.2, 0) is 19.6 Å². The Kier molecular flexibility index (Phi) is 4.06. The number of carbonyl (C=O) groups excluding carboxylic acids is 1. The predicted octanol–water partition coefficient (Wildman–Crippen LogP) is -0.901. The lowest BCUT2D eigenvalue weighted by Crippen LogP contribution is -2.30. The number of carbonyl (C=O) groups is 1. The molecule has 0 saturated carbocycles. The smallest absolute Gasteiger partial charge is 0.322 e. The van der Waals surface area contributed by atoms with E-state index in [-0.39, 0.29) is 6.54 Å². The Balaban J connectivity index is 4.03. The summed E-state index contributed by atoms with van der Waals surface area (Å²) in [6.07, 6.45) is 0. The monoisotopic (exact) mass is 181 g/mol. The van der Waals surface area contributed by atoms with Gasteiger partial charge >= 0.3 is 5.97 Å². The average Bonchev–Trinajstić information content (AvgIpc) is 1.86. The number of rotatable bonds is 4. The van der Waals surface area contributed by atoms with Gasteiger partial charge in [-0.2, -0.15) is 0 Å². The molecule has 0 rings (SSSR count). The van der Waals surface area contributed by atoms with Gasteiger partial charge in [-0.25, -0.2) is 13.1 Å². The Morgan fingerprint density at radius 2 is 2.09 bits per heavy atom. The maximum atomic E-state index is 10.8. The summed E-state index contributed by atoms with van der Waals surface area (Å²) in [5.74, 6) is -1.37. The molecule has 0 saturated heterocycles. The Morgan fingerprint density at radius 1 is 1.55 bits per heavy atom. The van der Waals surface area contributed by atoms with Crippen LogP contribution in [0.2, 0.25) is 0 Å². The Hall–Kier alpha value is -0.620.